The van der Waals surface area contributed by atoms with E-state index in [-0.39, 0.29) is 5.91 Å². The van der Waals surface area contributed by atoms with E-state index in [0.717, 1.165) is 23.0 Å². The highest BCUT2D eigenvalue weighted by Crippen LogP contribution is 2.27. The molecule has 0 radical (unpaired) electrons. The molecule has 23 heavy (non-hydrogen) atoms. The van der Waals surface area contributed by atoms with E-state index in [0.29, 0.717) is 29.7 Å². The molecule has 122 valence electrons. The number of carbonyl (C=O) groups is 1. The number of nitrogens with zero attached hydrogens (tertiary/aromatic N) is 1. The normalized spacial score (nSPS) is 14.9. The number of benzene rings is 1. The molecule has 6 heteroatoms. The molecule has 1 aliphatic rings. The van der Waals surface area contributed by atoms with Gasteiger partial charge < -0.3 is 14.6 Å². The maximum Gasteiger partial charge on any atom is 0.251 e. The SMILES string of the molecule is Cc1cc(COc2ccc(C(=O)NC3CCCC3)cc2Br)on1. The van der Waals surface area contributed by atoms with Gasteiger partial charge in [0.15, 0.2) is 5.76 Å². The molecular formula is C17H19BrN2O3. The van der Waals surface area contributed by atoms with Crippen molar-refractivity contribution in [3.05, 3.63) is 45.8 Å². The number of aryl methyl sites for hydroxylation is 1. The third kappa shape index (κ3) is 4.13. The molecule has 1 fully saturated rings. The van der Waals surface area contributed by atoms with Crippen molar-refractivity contribution in [2.24, 2.45) is 0 Å². The van der Waals surface area contributed by atoms with E-state index in [2.05, 4.69) is 26.4 Å². The van der Waals surface area contributed by atoms with Gasteiger partial charge in [0.05, 0.1) is 10.2 Å². The second-order valence-electron chi connectivity index (χ2n) is 5.82. The number of hydrogen-bond acceptors (Lipinski definition) is 4. The molecule has 0 spiro atoms. The molecule has 1 aliphatic carbocycles. The van der Waals surface area contributed by atoms with E-state index in [4.69, 9.17) is 9.26 Å². The fourth-order valence-corrected chi connectivity index (χ4v) is 3.22. The zero-order chi connectivity index (χ0) is 16.2. The summed E-state index contributed by atoms with van der Waals surface area (Å²) < 4.78 is 11.5. The molecule has 0 atom stereocenters. The zero-order valence-electron chi connectivity index (χ0n) is 13.0. The van der Waals surface area contributed by atoms with Crippen molar-refractivity contribution in [2.75, 3.05) is 0 Å². The number of aromatic nitrogens is 1. The van der Waals surface area contributed by atoms with Crippen LogP contribution in [0.3, 0.4) is 0 Å². The highest BCUT2D eigenvalue weighted by molar-refractivity contribution is 9.10. The summed E-state index contributed by atoms with van der Waals surface area (Å²) in [7, 11) is 0. The van der Waals surface area contributed by atoms with Crippen molar-refractivity contribution in [1.29, 1.82) is 0 Å². The molecule has 1 aromatic heterocycles. The first-order chi connectivity index (χ1) is 11.1. The Morgan fingerprint density at radius 2 is 2.17 bits per heavy atom. The predicted molar refractivity (Wildman–Crippen MR) is 89.4 cm³/mol. The molecule has 1 N–H and O–H groups in total. The van der Waals surface area contributed by atoms with Crippen molar-refractivity contribution < 1.29 is 14.1 Å². The monoisotopic (exact) mass is 378 g/mol. The van der Waals surface area contributed by atoms with Crippen molar-refractivity contribution in [1.82, 2.24) is 10.5 Å². The minimum absolute atomic E-state index is 0.0324. The maximum absolute atomic E-state index is 12.3. The average molecular weight is 379 g/mol. The first-order valence-corrected chi connectivity index (χ1v) is 8.56. The van der Waals surface area contributed by atoms with Gasteiger partial charge in [0.2, 0.25) is 0 Å². The van der Waals surface area contributed by atoms with E-state index < -0.39 is 0 Å². The van der Waals surface area contributed by atoms with Crippen molar-refractivity contribution in [3.63, 3.8) is 0 Å². The predicted octanol–water partition coefficient (Wildman–Crippen LogP) is 4.00. The fourth-order valence-electron chi connectivity index (χ4n) is 2.73. The Morgan fingerprint density at radius 3 is 2.83 bits per heavy atom. The molecule has 3 rings (SSSR count). The van der Waals surface area contributed by atoms with Gasteiger partial charge in [-0.3, -0.25) is 4.79 Å². The number of nitrogens with one attached hydrogen (secondary N) is 1. The van der Waals surface area contributed by atoms with Gasteiger partial charge in [0.1, 0.15) is 12.4 Å². The summed E-state index contributed by atoms with van der Waals surface area (Å²) in [5.41, 5.74) is 1.45. The third-order valence-electron chi connectivity index (χ3n) is 3.93. The zero-order valence-corrected chi connectivity index (χ0v) is 14.6. The Hall–Kier alpha value is -1.82. The Balaban J connectivity index is 1.61. The smallest absolute Gasteiger partial charge is 0.251 e. The molecule has 0 unspecified atom stereocenters. The Morgan fingerprint density at radius 1 is 1.39 bits per heavy atom. The molecule has 2 aromatic rings. The van der Waals surface area contributed by atoms with Crippen molar-refractivity contribution in [3.8, 4) is 5.75 Å². The van der Waals surface area contributed by atoms with Crippen LogP contribution in [0.15, 0.2) is 33.3 Å². The molecule has 1 heterocycles. The molecule has 0 aliphatic heterocycles. The van der Waals surface area contributed by atoms with Crippen LogP contribution in [0.2, 0.25) is 0 Å². The lowest BCUT2D eigenvalue weighted by Crippen LogP contribution is -2.32. The Labute approximate surface area is 143 Å². The van der Waals surface area contributed by atoms with Gasteiger partial charge in [0, 0.05) is 17.7 Å². The Bertz CT molecular complexity index is 693. The van der Waals surface area contributed by atoms with Crippen LogP contribution < -0.4 is 10.1 Å². The van der Waals surface area contributed by atoms with Crippen LogP contribution >= 0.6 is 15.9 Å². The van der Waals surface area contributed by atoms with Crippen molar-refractivity contribution >= 4 is 21.8 Å². The summed E-state index contributed by atoms with van der Waals surface area (Å²) in [6.45, 7) is 2.16. The lowest BCUT2D eigenvalue weighted by Gasteiger charge is -2.13. The van der Waals surface area contributed by atoms with Gasteiger partial charge in [-0.05, 0) is 53.9 Å². The second-order valence-corrected chi connectivity index (χ2v) is 6.68. The van der Waals surface area contributed by atoms with E-state index in [1.807, 2.05) is 13.0 Å². The van der Waals surface area contributed by atoms with Crippen LogP contribution in [-0.2, 0) is 6.61 Å². The lowest BCUT2D eigenvalue weighted by molar-refractivity contribution is 0.0937. The molecule has 0 saturated heterocycles. The minimum Gasteiger partial charge on any atom is -0.484 e. The topological polar surface area (TPSA) is 64.4 Å². The number of rotatable bonds is 5. The highest BCUT2D eigenvalue weighted by Gasteiger charge is 2.18. The summed E-state index contributed by atoms with van der Waals surface area (Å²) in [5.74, 6) is 1.30. The molecule has 1 amide bonds. The first-order valence-electron chi connectivity index (χ1n) is 7.77. The summed E-state index contributed by atoms with van der Waals surface area (Å²) in [6, 6.07) is 7.49. The van der Waals surface area contributed by atoms with Crippen molar-refractivity contribution in [2.45, 2.75) is 45.3 Å². The minimum atomic E-state index is -0.0324. The van der Waals surface area contributed by atoms with Gasteiger partial charge >= 0.3 is 0 Å². The van der Waals surface area contributed by atoms with Gasteiger partial charge in [-0.25, -0.2) is 0 Å². The average Bonchev–Trinajstić information content (AvgIpc) is 3.17. The molecule has 1 aromatic carbocycles. The summed E-state index contributed by atoms with van der Waals surface area (Å²) >= 11 is 3.46. The van der Waals surface area contributed by atoms with Crippen LogP contribution in [0.25, 0.3) is 0 Å². The van der Waals surface area contributed by atoms with E-state index in [1.54, 1.807) is 18.2 Å². The maximum atomic E-state index is 12.3. The quantitative estimate of drug-likeness (QED) is 0.853. The highest BCUT2D eigenvalue weighted by atomic mass is 79.9. The molecule has 1 saturated carbocycles. The fraction of sp³-hybridized carbons (Fsp3) is 0.412. The summed E-state index contributed by atoms with van der Waals surface area (Å²) in [5, 5.41) is 6.90. The summed E-state index contributed by atoms with van der Waals surface area (Å²) in [4.78, 5) is 12.3. The number of carbonyl (C=O) groups excluding carboxylic acids is 1. The van der Waals surface area contributed by atoms with Gasteiger partial charge in [0.25, 0.3) is 5.91 Å². The Kier molecular flexibility index (Phi) is 5.00. The van der Waals surface area contributed by atoms with Gasteiger partial charge in [-0.2, -0.15) is 0 Å². The van der Waals surface area contributed by atoms with E-state index >= 15 is 0 Å². The van der Waals surface area contributed by atoms with Gasteiger partial charge in [-0.1, -0.05) is 18.0 Å². The summed E-state index contributed by atoms with van der Waals surface area (Å²) in [6.07, 6.45) is 4.54. The van der Waals surface area contributed by atoms with Crippen LogP contribution in [0.1, 0.15) is 47.5 Å². The first kappa shape index (κ1) is 16.1. The molecule has 5 nitrogen and oxygen atoms in total. The second kappa shape index (κ2) is 7.17. The van der Waals surface area contributed by atoms with Crippen LogP contribution in [-0.4, -0.2) is 17.1 Å². The van der Waals surface area contributed by atoms with Crippen LogP contribution in [0.4, 0.5) is 0 Å². The lowest BCUT2D eigenvalue weighted by atomic mass is 10.1. The van der Waals surface area contributed by atoms with Crippen LogP contribution in [0, 0.1) is 6.92 Å². The number of amides is 1. The van der Waals surface area contributed by atoms with E-state index in [1.165, 1.54) is 12.8 Å². The third-order valence-corrected chi connectivity index (χ3v) is 4.55. The number of ether oxygens (including phenoxy) is 1. The van der Waals surface area contributed by atoms with E-state index in [9.17, 15) is 4.79 Å². The molecular weight excluding hydrogens is 360 g/mol. The standard InChI is InChI=1S/C17H19BrN2O3/c1-11-8-14(23-20-11)10-22-16-7-6-12(9-15(16)18)17(21)19-13-4-2-3-5-13/h6-9,13H,2-5,10H2,1H3,(H,19,21). The van der Waals surface area contributed by atoms with Crippen LogP contribution in [0.5, 0.6) is 5.75 Å². The number of halogens is 1. The van der Waals surface area contributed by atoms with Gasteiger partial charge in [-0.15, -0.1) is 0 Å². The number of hydrogen-bond donors (Lipinski definition) is 1. The molecule has 0 bridgehead atoms. The largest absolute Gasteiger partial charge is 0.484 e.